The van der Waals surface area contributed by atoms with Crippen molar-refractivity contribution in [2.45, 2.75) is 39.3 Å². The quantitative estimate of drug-likeness (QED) is 0.267. The molecule has 186 valence electrons. The number of thiazole rings is 1. The summed E-state index contributed by atoms with van der Waals surface area (Å²) in [5.74, 6) is 0.0389. The topological polar surface area (TPSA) is 78.9 Å². The molecule has 6 nitrogen and oxygen atoms in total. The lowest BCUT2D eigenvalue weighted by molar-refractivity contribution is -0.116. The first kappa shape index (κ1) is 27.5. The van der Waals surface area contributed by atoms with Gasteiger partial charge in [0.1, 0.15) is 10.0 Å². The molecule has 5 rings (SSSR count). The molecule has 1 aromatic carbocycles. The maximum Gasteiger partial charge on any atom is 0.226 e. The molecule has 4 heterocycles. The third kappa shape index (κ3) is 6.20. The molecular weight excluding hydrogens is 521 g/mol. The fraction of sp³-hybridized carbons (Fsp3) is 0.320. The lowest BCUT2D eigenvalue weighted by Crippen LogP contribution is -2.27. The minimum absolute atomic E-state index is 0. The van der Waals surface area contributed by atoms with Gasteiger partial charge >= 0.3 is 0 Å². The van der Waals surface area contributed by atoms with Gasteiger partial charge in [-0.25, -0.2) is 4.98 Å². The number of hydrogen-bond acceptors (Lipinski definition) is 7. The number of rotatable bonds is 7. The number of halogens is 2. The Hall–Kier alpha value is -2.07. The maximum absolute atomic E-state index is 12.7. The van der Waals surface area contributed by atoms with Gasteiger partial charge in [0.2, 0.25) is 5.91 Å². The van der Waals surface area contributed by atoms with Crippen molar-refractivity contribution in [1.82, 2.24) is 20.6 Å². The molecule has 4 aromatic rings. The van der Waals surface area contributed by atoms with Crippen LogP contribution in [-0.4, -0.2) is 35.0 Å². The van der Waals surface area contributed by atoms with Crippen molar-refractivity contribution >= 4 is 68.6 Å². The van der Waals surface area contributed by atoms with Gasteiger partial charge in [-0.2, -0.15) is 0 Å². The highest BCUT2D eigenvalue weighted by Crippen LogP contribution is 2.45. The molecule has 35 heavy (non-hydrogen) atoms. The van der Waals surface area contributed by atoms with Crippen molar-refractivity contribution in [3.05, 3.63) is 53.2 Å². The van der Waals surface area contributed by atoms with Crippen LogP contribution in [0.3, 0.4) is 0 Å². The minimum Gasteiger partial charge on any atom is -0.317 e. The van der Waals surface area contributed by atoms with E-state index >= 15 is 0 Å². The van der Waals surface area contributed by atoms with E-state index in [2.05, 4.69) is 53.0 Å². The highest BCUT2D eigenvalue weighted by atomic mass is 35.5. The van der Waals surface area contributed by atoms with E-state index in [1.165, 1.54) is 10.4 Å². The molecule has 0 fully saturated rings. The number of pyridine rings is 1. The van der Waals surface area contributed by atoms with E-state index in [9.17, 15) is 4.79 Å². The van der Waals surface area contributed by atoms with Crippen LogP contribution in [0.15, 0.2) is 42.7 Å². The number of amides is 1. The van der Waals surface area contributed by atoms with Crippen LogP contribution in [-0.2, 0) is 17.8 Å². The first-order chi connectivity index (χ1) is 16.1. The van der Waals surface area contributed by atoms with Crippen molar-refractivity contribution in [3.8, 4) is 21.7 Å². The summed E-state index contributed by atoms with van der Waals surface area (Å²) in [6.45, 7) is 6.63. The lowest BCUT2D eigenvalue weighted by Gasteiger charge is -2.13. The summed E-state index contributed by atoms with van der Waals surface area (Å²) in [6.07, 6.45) is 5.02. The predicted molar refractivity (Wildman–Crippen MR) is 152 cm³/mol. The number of fused-ring (bicyclic) bond motifs is 2. The Morgan fingerprint density at radius 2 is 1.91 bits per heavy atom. The highest BCUT2D eigenvalue weighted by Gasteiger charge is 2.25. The smallest absolute Gasteiger partial charge is 0.226 e. The molecule has 0 bridgehead atoms. The predicted octanol–water partition coefficient (Wildman–Crippen LogP) is 5.90. The van der Waals surface area contributed by atoms with Gasteiger partial charge in [0, 0.05) is 48.4 Å². The number of nitrogens with one attached hydrogen (secondary N) is 3. The van der Waals surface area contributed by atoms with Crippen LogP contribution in [0.1, 0.15) is 30.7 Å². The monoisotopic (exact) mass is 549 g/mol. The zero-order valence-corrected chi connectivity index (χ0v) is 22.9. The van der Waals surface area contributed by atoms with Gasteiger partial charge in [-0.3, -0.25) is 9.78 Å². The standard InChI is InChI=1S/C25H27N5OS2.2ClH/c1-15(2)28-12-8-22(31)30-25-23(18-7-11-27-14-21(18)33-25)24-29-19-13-17(3-4-20(19)32-24)16-5-9-26-10-6-16;;/h3-6,9-10,13,15,27-28H,7-8,11-12,14H2,1-2H3,(H,30,31);2*1H. The molecule has 0 unspecified atom stereocenters. The summed E-state index contributed by atoms with van der Waals surface area (Å²) < 4.78 is 1.15. The van der Waals surface area contributed by atoms with Crippen molar-refractivity contribution < 1.29 is 4.79 Å². The average Bonchev–Trinajstić information content (AvgIpc) is 3.39. The second-order valence-electron chi connectivity index (χ2n) is 8.48. The van der Waals surface area contributed by atoms with Gasteiger partial charge in [-0.1, -0.05) is 19.9 Å². The Morgan fingerprint density at radius 1 is 1.11 bits per heavy atom. The summed E-state index contributed by atoms with van der Waals surface area (Å²) in [6, 6.07) is 10.8. The van der Waals surface area contributed by atoms with Crippen molar-refractivity contribution in [2.75, 3.05) is 18.4 Å². The molecule has 0 atom stereocenters. The molecule has 1 amide bonds. The number of carbonyl (C=O) groups excluding carboxylic acids is 1. The average molecular weight is 551 g/mol. The van der Waals surface area contributed by atoms with Crippen LogP contribution in [0.4, 0.5) is 5.00 Å². The van der Waals surface area contributed by atoms with Gasteiger partial charge in [0.05, 0.1) is 10.2 Å². The Bertz CT molecular complexity index is 1290. The number of nitrogens with zero attached hydrogens (tertiary/aromatic N) is 2. The van der Waals surface area contributed by atoms with Crippen LogP contribution in [0.2, 0.25) is 0 Å². The number of carbonyl (C=O) groups is 1. The molecule has 0 radical (unpaired) electrons. The molecule has 0 spiro atoms. The first-order valence-electron chi connectivity index (χ1n) is 11.3. The maximum atomic E-state index is 12.7. The molecule has 10 heteroatoms. The molecule has 0 saturated heterocycles. The van der Waals surface area contributed by atoms with Gasteiger partial charge in [0.25, 0.3) is 0 Å². The summed E-state index contributed by atoms with van der Waals surface area (Å²) in [7, 11) is 0. The number of anilines is 1. The Labute approximate surface area is 225 Å². The van der Waals surface area contributed by atoms with Crippen LogP contribution in [0.25, 0.3) is 31.9 Å². The van der Waals surface area contributed by atoms with Crippen LogP contribution < -0.4 is 16.0 Å². The van der Waals surface area contributed by atoms with Gasteiger partial charge in [-0.05, 0) is 53.9 Å². The van der Waals surface area contributed by atoms with Crippen LogP contribution in [0.5, 0.6) is 0 Å². The van der Waals surface area contributed by atoms with E-state index in [1.54, 1.807) is 22.7 Å². The van der Waals surface area contributed by atoms with Crippen molar-refractivity contribution in [2.24, 2.45) is 0 Å². The highest BCUT2D eigenvalue weighted by molar-refractivity contribution is 7.23. The normalized spacial score (nSPS) is 12.7. The number of aromatic nitrogens is 2. The minimum atomic E-state index is 0. The summed E-state index contributed by atoms with van der Waals surface area (Å²) in [5.41, 5.74) is 5.67. The van der Waals surface area contributed by atoms with Gasteiger partial charge < -0.3 is 16.0 Å². The molecule has 1 aliphatic heterocycles. The third-order valence-electron chi connectivity index (χ3n) is 5.70. The molecule has 0 aliphatic carbocycles. The fourth-order valence-corrected chi connectivity index (χ4v) is 6.40. The molecule has 0 saturated carbocycles. The van der Waals surface area contributed by atoms with E-state index in [1.807, 2.05) is 24.5 Å². The molecule has 3 N–H and O–H groups in total. The van der Waals surface area contributed by atoms with Crippen molar-refractivity contribution in [3.63, 3.8) is 0 Å². The van der Waals surface area contributed by atoms with Gasteiger partial charge in [-0.15, -0.1) is 47.5 Å². The summed E-state index contributed by atoms with van der Waals surface area (Å²) in [4.78, 5) is 23.1. The van der Waals surface area contributed by atoms with E-state index in [0.29, 0.717) is 19.0 Å². The summed E-state index contributed by atoms with van der Waals surface area (Å²) in [5, 5.41) is 11.9. The van der Waals surface area contributed by atoms with E-state index in [-0.39, 0.29) is 30.7 Å². The largest absolute Gasteiger partial charge is 0.317 e. The van der Waals surface area contributed by atoms with Gasteiger partial charge in [0.15, 0.2) is 0 Å². The molecular formula is C25H29Cl2N5OS2. The molecule has 3 aromatic heterocycles. The van der Waals surface area contributed by atoms with Crippen LogP contribution in [0, 0.1) is 0 Å². The Morgan fingerprint density at radius 3 is 2.69 bits per heavy atom. The van der Waals surface area contributed by atoms with E-state index in [0.717, 1.165) is 56.4 Å². The zero-order valence-electron chi connectivity index (χ0n) is 19.6. The second-order valence-corrected chi connectivity index (χ2v) is 10.6. The fourth-order valence-electron chi connectivity index (χ4n) is 4.07. The number of thiophene rings is 1. The van der Waals surface area contributed by atoms with Crippen molar-refractivity contribution in [1.29, 1.82) is 0 Å². The van der Waals surface area contributed by atoms with Crippen LogP contribution >= 0.6 is 47.5 Å². The first-order valence-corrected chi connectivity index (χ1v) is 12.9. The second kappa shape index (κ2) is 12.3. The molecule has 1 aliphatic rings. The van der Waals surface area contributed by atoms with E-state index < -0.39 is 0 Å². The van der Waals surface area contributed by atoms with E-state index in [4.69, 9.17) is 4.98 Å². The Balaban J connectivity index is 0.00000171. The number of benzene rings is 1. The lowest BCUT2D eigenvalue weighted by atomic mass is 10.0. The zero-order chi connectivity index (χ0) is 22.8. The summed E-state index contributed by atoms with van der Waals surface area (Å²) >= 11 is 3.37. The Kier molecular flexibility index (Phi) is 9.63. The third-order valence-corrected chi connectivity index (χ3v) is 7.90. The number of hydrogen-bond donors (Lipinski definition) is 3. The SMILES string of the molecule is CC(C)NCCC(=O)Nc1sc2c(c1-c1nc3cc(-c4ccncc4)ccc3s1)CCNC2.Cl.Cl.